The van der Waals surface area contributed by atoms with Crippen molar-refractivity contribution in [1.29, 1.82) is 0 Å². The molecule has 0 heterocycles. The molecule has 4 fully saturated rings. The van der Waals surface area contributed by atoms with Gasteiger partial charge in [0.15, 0.2) is 0 Å². The summed E-state index contributed by atoms with van der Waals surface area (Å²) in [5, 5.41) is 8.84. The number of nitrogens with two attached hydrogens (primary N) is 1. The van der Waals surface area contributed by atoms with E-state index in [1.807, 2.05) is 6.07 Å². The number of nitrogens with one attached hydrogen (secondary N) is 1. The van der Waals surface area contributed by atoms with E-state index in [0.29, 0.717) is 6.04 Å². The van der Waals surface area contributed by atoms with Crippen molar-refractivity contribution in [2.24, 2.45) is 28.8 Å². The van der Waals surface area contributed by atoms with Crippen molar-refractivity contribution < 1.29 is 8.42 Å². The van der Waals surface area contributed by atoms with E-state index in [2.05, 4.69) is 5.32 Å². The Kier molecular flexibility index (Phi) is 3.05. The normalized spacial score (nSPS) is 37.7. The van der Waals surface area contributed by atoms with Crippen molar-refractivity contribution in [3.05, 3.63) is 24.3 Å². The second-order valence-corrected chi connectivity index (χ2v) is 8.74. The number of rotatable bonds is 3. The topological polar surface area (TPSA) is 72.2 Å². The molecule has 4 aliphatic rings. The van der Waals surface area contributed by atoms with E-state index in [1.54, 1.807) is 18.2 Å². The molecule has 5 rings (SSSR count). The van der Waals surface area contributed by atoms with Gasteiger partial charge in [-0.15, -0.1) is 0 Å². The zero-order valence-corrected chi connectivity index (χ0v) is 12.9. The zero-order valence-electron chi connectivity index (χ0n) is 12.0. The first kappa shape index (κ1) is 13.6. The highest BCUT2D eigenvalue weighted by Crippen LogP contribution is 2.54. The predicted molar refractivity (Wildman–Crippen MR) is 82.3 cm³/mol. The van der Waals surface area contributed by atoms with Crippen molar-refractivity contribution >= 4 is 15.7 Å². The molecule has 0 unspecified atom stereocenters. The minimum absolute atomic E-state index is 0.191. The summed E-state index contributed by atoms with van der Waals surface area (Å²) in [5.74, 6) is 3.42. The number of sulfonamides is 1. The van der Waals surface area contributed by atoms with Crippen LogP contribution in [0.4, 0.5) is 5.69 Å². The number of hydrogen-bond acceptors (Lipinski definition) is 3. The molecule has 0 atom stereocenters. The molecule has 4 saturated carbocycles. The van der Waals surface area contributed by atoms with Gasteiger partial charge in [-0.3, -0.25) is 0 Å². The van der Waals surface area contributed by atoms with Crippen LogP contribution in [0.25, 0.3) is 0 Å². The van der Waals surface area contributed by atoms with E-state index in [-0.39, 0.29) is 4.90 Å². The van der Waals surface area contributed by atoms with Crippen molar-refractivity contribution in [3.63, 3.8) is 0 Å². The summed E-state index contributed by atoms with van der Waals surface area (Å²) in [7, 11) is -3.63. The summed E-state index contributed by atoms with van der Waals surface area (Å²) in [6, 6.07) is 7.43. The van der Waals surface area contributed by atoms with Gasteiger partial charge in [0.25, 0.3) is 0 Å². The van der Waals surface area contributed by atoms with Gasteiger partial charge in [0.2, 0.25) is 10.0 Å². The molecule has 4 aliphatic carbocycles. The third-order valence-corrected chi connectivity index (χ3v) is 6.63. The van der Waals surface area contributed by atoms with E-state index in [1.165, 1.54) is 32.1 Å². The Morgan fingerprint density at radius 1 is 1.00 bits per heavy atom. The molecule has 0 saturated heterocycles. The fourth-order valence-electron chi connectivity index (χ4n) is 5.12. The first-order valence-corrected chi connectivity index (χ1v) is 9.43. The summed E-state index contributed by atoms with van der Waals surface area (Å²) in [4.78, 5) is 0.191. The van der Waals surface area contributed by atoms with Crippen LogP contribution in [0.2, 0.25) is 0 Å². The summed E-state index contributed by atoms with van der Waals surface area (Å²) in [6.45, 7) is 0. The van der Waals surface area contributed by atoms with Gasteiger partial charge in [-0.25, -0.2) is 13.6 Å². The van der Waals surface area contributed by atoms with Gasteiger partial charge in [-0.05, 0) is 74.0 Å². The maximum absolute atomic E-state index is 11.5. The molecule has 4 nitrogen and oxygen atoms in total. The van der Waals surface area contributed by atoms with E-state index in [4.69, 9.17) is 5.14 Å². The highest BCUT2D eigenvalue weighted by atomic mass is 32.2. The van der Waals surface area contributed by atoms with Gasteiger partial charge in [-0.1, -0.05) is 6.07 Å². The van der Waals surface area contributed by atoms with Crippen LogP contribution in [0.5, 0.6) is 0 Å². The smallest absolute Gasteiger partial charge is 0.238 e. The molecule has 21 heavy (non-hydrogen) atoms. The number of primary sulfonamides is 1. The SMILES string of the molecule is NS(=O)(=O)c1cccc(NC2C3CC4CC(C3)CC2C4)c1. The second-order valence-electron chi connectivity index (χ2n) is 7.17. The van der Waals surface area contributed by atoms with Crippen LogP contribution >= 0.6 is 0 Å². The molecule has 3 N–H and O–H groups in total. The van der Waals surface area contributed by atoms with Crippen LogP contribution in [0.1, 0.15) is 32.1 Å². The lowest BCUT2D eigenvalue weighted by molar-refractivity contribution is 0.00753. The molecular formula is C16H22N2O2S. The fourth-order valence-corrected chi connectivity index (χ4v) is 5.68. The van der Waals surface area contributed by atoms with Crippen molar-refractivity contribution in [1.82, 2.24) is 0 Å². The van der Waals surface area contributed by atoms with E-state index in [0.717, 1.165) is 29.4 Å². The van der Waals surface area contributed by atoms with Gasteiger partial charge in [0.1, 0.15) is 0 Å². The van der Waals surface area contributed by atoms with Crippen LogP contribution in [0.15, 0.2) is 29.2 Å². The maximum atomic E-state index is 11.5. The largest absolute Gasteiger partial charge is 0.382 e. The summed E-state index contributed by atoms with van der Waals surface area (Å²) in [5.41, 5.74) is 0.888. The Balaban J connectivity index is 1.56. The molecule has 0 amide bonds. The molecule has 0 aromatic heterocycles. The van der Waals surface area contributed by atoms with Gasteiger partial charge >= 0.3 is 0 Å². The molecule has 0 spiro atoms. The standard InChI is InChI=1S/C16H22N2O2S/c17-21(19,20)15-3-1-2-14(9-15)18-16-12-5-10-4-11(7-12)8-13(16)6-10/h1-3,9-13,16,18H,4-8H2,(H2,17,19,20). The molecule has 1 aromatic carbocycles. The Morgan fingerprint density at radius 3 is 2.19 bits per heavy atom. The third-order valence-electron chi connectivity index (χ3n) is 5.72. The van der Waals surface area contributed by atoms with Gasteiger partial charge < -0.3 is 5.32 Å². The average Bonchev–Trinajstić information content (AvgIpc) is 2.41. The maximum Gasteiger partial charge on any atom is 0.238 e. The van der Waals surface area contributed by atoms with Gasteiger partial charge in [-0.2, -0.15) is 0 Å². The van der Waals surface area contributed by atoms with Crippen molar-refractivity contribution in [3.8, 4) is 0 Å². The molecule has 4 bridgehead atoms. The summed E-state index contributed by atoms with van der Waals surface area (Å²) >= 11 is 0. The van der Waals surface area contributed by atoms with Crippen LogP contribution in [0, 0.1) is 23.7 Å². The number of anilines is 1. The minimum Gasteiger partial charge on any atom is -0.382 e. The Bertz CT molecular complexity index is 628. The summed E-state index contributed by atoms with van der Waals surface area (Å²) < 4.78 is 22.9. The highest BCUT2D eigenvalue weighted by molar-refractivity contribution is 7.89. The zero-order chi connectivity index (χ0) is 14.6. The highest BCUT2D eigenvalue weighted by Gasteiger charge is 2.48. The fraction of sp³-hybridized carbons (Fsp3) is 0.625. The Hall–Kier alpha value is -1.07. The molecule has 0 radical (unpaired) electrons. The molecule has 114 valence electrons. The third kappa shape index (κ3) is 2.46. The lowest BCUT2D eigenvalue weighted by Crippen LogP contribution is -2.51. The Morgan fingerprint density at radius 2 is 1.62 bits per heavy atom. The molecular weight excluding hydrogens is 284 g/mol. The quantitative estimate of drug-likeness (QED) is 0.901. The molecule has 0 aliphatic heterocycles. The molecule has 1 aromatic rings. The number of hydrogen-bond donors (Lipinski definition) is 2. The second kappa shape index (κ2) is 4.71. The molecule has 5 heteroatoms. The van der Waals surface area contributed by atoms with Crippen molar-refractivity contribution in [2.45, 2.75) is 43.0 Å². The van der Waals surface area contributed by atoms with Crippen LogP contribution in [-0.4, -0.2) is 14.5 Å². The number of benzene rings is 1. The lowest BCUT2D eigenvalue weighted by atomic mass is 9.54. The van der Waals surface area contributed by atoms with Crippen LogP contribution in [0.3, 0.4) is 0 Å². The Labute approximate surface area is 126 Å². The van der Waals surface area contributed by atoms with E-state index < -0.39 is 10.0 Å². The van der Waals surface area contributed by atoms with Gasteiger partial charge in [0.05, 0.1) is 4.90 Å². The minimum atomic E-state index is -3.63. The van der Waals surface area contributed by atoms with Crippen molar-refractivity contribution in [2.75, 3.05) is 5.32 Å². The summed E-state index contributed by atoms with van der Waals surface area (Å²) in [6.07, 6.45) is 6.83. The first-order valence-electron chi connectivity index (χ1n) is 7.88. The van der Waals surface area contributed by atoms with Crippen LogP contribution in [-0.2, 0) is 10.0 Å². The predicted octanol–water partition coefficient (Wildman–Crippen LogP) is 2.57. The van der Waals surface area contributed by atoms with Crippen LogP contribution < -0.4 is 10.5 Å². The lowest BCUT2D eigenvalue weighted by Gasteiger charge is -2.54. The van der Waals surface area contributed by atoms with Gasteiger partial charge in [0, 0.05) is 11.7 Å². The van der Waals surface area contributed by atoms with E-state index >= 15 is 0 Å². The average molecular weight is 306 g/mol. The van der Waals surface area contributed by atoms with E-state index in [9.17, 15) is 8.42 Å². The monoisotopic (exact) mass is 306 g/mol. The first-order chi connectivity index (χ1) is 9.99.